The van der Waals surface area contributed by atoms with Crippen molar-refractivity contribution in [1.29, 1.82) is 0 Å². The lowest BCUT2D eigenvalue weighted by atomic mass is 9.66. The van der Waals surface area contributed by atoms with Crippen LogP contribution in [0.15, 0.2) is 11.6 Å². The standard InChI is InChI=1S/C15H24O/c1-10-6-7-16-13(8-10)14-11-4-5-12(9-11)15(14,2)3/h8,11-14H,4-7,9H2,1-3H3. The molecule has 0 saturated heterocycles. The van der Waals surface area contributed by atoms with E-state index in [0.717, 1.165) is 30.8 Å². The van der Waals surface area contributed by atoms with E-state index in [2.05, 4.69) is 26.8 Å². The normalized spacial score (nSPS) is 45.8. The zero-order valence-electron chi connectivity index (χ0n) is 10.8. The smallest absolute Gasteiger partial charge is 0.0794 e. The van der Waals surface area contributed by atoms with E-state index >= 15 is 0 Å². The molecule has 2 aliphatic carbocycles. The highest BCUT2D eigenvalue weighted by Crippen LogP contribution is 2.61. The topological polar surface area (TPSA) is 9.23 Å². The molecule has 4 unspecified atom stereocenters. The van der Waals surface area contributed by atoms with E-state index < -0.39 is 0 Å². The summed E-state index contributed by atoms with van der Waals surface area (Å²) in [4.78, 5) is 0. The van der Waals surface area contributed by atoms with Crippen LogP contribution in [0.1, 0.15) is 46.5 Å². The van der Waals surface area contributed by atoms with Gasteiger partial charge in [0.05, 0.1) is 12.7 Å². The lowest BCUT2D eigenvalue weighted by Crippen LogP contribution is -2.40. The van der Waals surface area contributed by atoms with E-state index in [0.29, 0.717) is 11.5 Å². The van der Waals surface area contributed by atoms with Gasteiger partial charge < -0.3 is 4.74 Å². The van der Waals surface area contributed by atoms with Crippen LogP contribution in [-0.2, 0) is 4.74 Å². The largest absolute Gasteiger partial charge is 0.373 e. The predicted molar refractivity (Wildman–Crippen MR) is 66.2 cm³/mol. The number of hydrogen-bond donors (Lipinski definition) is 0. The van der Waals surface area contributed by atoms with Gasteiger partial charge in [0.2, 0.25) is 0 Å². The van der Waals surface area contributed by atoms with Crippen LogP contribution in [0.4, 0.5) is 0 Å². The summed E-state index contributed by atoms with van der Waals surface area (Å²) in [7, 11) is 0. The summed E-state index contributed by atoms with van der Waals surface area (Å²) < 4.78 is 6.04. The van der Waals surface area contributed by atoms with E-state index in [-0.39, 0.29) is 0 Å². The summed E-state index contributed by atoms with van der Waals surface area (Å²) in [5.74, 6) is 2.68. The molecule has 3 rings (SSSR count). The van der Waals surface area contributed by atoms with Crippen LogP contribution >= 0.6 is 0 Å². The molecule has 4 atom stereocenters. The Kier molecular flexibility index (Phi) is 2.43. The lowest BCUT2D eigenvalue weighted by molar-refractivity contribution is -0.0312. The Morgan fingerprint density at radius 1 is 1.31 bits per heavy atom. The summed E-state index contributed by atoms with van der Waals surface area (Å²) in [5.41, 5.74) is 2.04. The molecule has 2 saturated carbocycles. The third-order valence-electron chi connectivity index (χ3n) is 5.50. The van der Waals surface area contributed by atoms with Gasteiger partial charge in [0.15, 0.2) is 0 Å². The Morgan fingerprint density at radius 2 is 2.12 bits per heavy atom. The second kappa shape index (κ2) is 3.60. The first-order valence-corrected chi connectivity index (χ1v) is 6.88. The van der Waals surface area contributed by atoms with Crippen molar-refractivity contribution < 1.29 is 4.74 Å². The Bertz CT molecular complexity index is 315. The maximum absolute atomic E-state index is 6.04. The Labute approximate surface area is 99.3 Å². The maximum Gasteiger partial charge on any atom is 0.0794 e. The fraction of sp³-hybridized carbons (Fsp3) is 0.867. The van der Waals surface area contributed by atoms with Gasteiger partial charge in [-0.2, -0.15) is 0 Å². The molecular formula is C15H24O. The molecule has 2 fully saturated rings. The molecule has 0 aromatic carbocycles. The molecule has 1 heterocycles. The fourth-order valence-electron chi connectivity index (χ4n) is 4.56. The van der Waals surface area contributed by atoms with Crippen molar-refractivity contribution >= 4 is 0 Å². The van der Waals surface area contributed by atoms with Crippen molar-refractivity contribution in [2.45, 2.75) is 52.6 Å². The minimum Gasteiger partial charge on any atom is -0.373 e. The number of hydrogen-bond acceptors (Lipinski definition) is 1. The van der Waals surface area contributed by atoms with Gasteiger partial charge in [-0.05, 0) is 55.8 Å². The van der Waals surface area contributed by atoms with E-state index in [9.17, 15) is 0 Å². The van der Waals surface area contributed by atoms with E-state index in [1.807, 2.05) is 0 Å². The van der Waals surface area contributed by atoms with Crippen molar-refractivity contribution in [3.63, 3.8) is 0 Å². The van der Waals surface area contributed by atoms with E-state index in [1.54, 1.807) is 0 Å². The molecule has 0 spiro atoms. The highest BCUT2D eigenvalue weighted by Gasteiger charge is 2.55. The molecule has 2 bridgehead atoms. The predicted octanol–water partition coefficient (Wildman–Crippen LogP) is 3.79. The molecule has 1 heteroatoms. The van der Waals surface area contributed by atoms with Crippen LogP contribution in [0.3, 0.4) is 0 Å². The molecule has 0 amide bonds. The van der Waals surface area contributed by atoms with Gasteiger partial charge in [0, 0.05) is 0 Å². The highest BCUT2D eigenvalue weighted by atomic mass is 16.5. The molecule has 0 aromatic heterocycles. The van der Waals surface area contributed by atoms with E-state index in [1.165, 1.54) is 24.8 Å². The van der Waals surface area contributed by atoms with Gasteiger partial charge in [0.1, 0.15) is 0 Å². The van der Waals surface area contributed by atoms with Crippen molar-refractivity contribution in [3.05, 3.63) is 11.6 Å². The van der Waals surface area contributed by atoms with Crippen LogP contribution < -0.4 is 0 Å². The van der Waals surface area contributed by atoms with Gasteiger partial charge in [-0.1, -0.05) is 25.5 Å². The summed E-state index contributed by atoms with van der Waals surface area (Å²) in [6.45, 7) is 8.15. The highest BCUT2D eigenvalue weighted by molar-refractivity contribution is 5.13. The quantitative estimate of drug-likeness (QED) is 0.611. The monoisotopic (exact) mass is 220 g/mol. The third kappa shape index (κ3) is 1.48. The van der Waals surface area contributed by atoms with Gasteiger partial charge >= 0.3 is 0 Å². The van der Waals surface area contributed by atoms with Gasteiger partial charge in [0.25, 0.3) is 0 Å². The SMILES string of the molecule is CC1=CC(C2C3CCC(C3)C2(C)C)OCC1. The average Bonchev–Trinajstić information content (AvgIpc) is 2.75. The van der Waals surface area contributed by atoms with Crippen LogP contribution in [0.25, 0.3) is 0 Å². The first-order valence-electron chi connectivity index (χ1n) is 6.88. The summed E-state index contributed by atoms with van der Waals surface area (Å²) in [6.07, 6.45) is 8.34. The fourth-order valence-corrected chi connectivity index (χ4v) is 4.56. The first kappa shape index (κ1) is 10.8. The zero-order valence-corrected chi connectivity index (χ0v) is 10.8. The van der Waals surface area contributed by atoms with Gasteiger partial charge in [-0.3, -0.25) is 0 Å². The average molecular weight is 220 g/mol. The van der Waals surface area contributed by atoms with E-state index in [4.69, 9.17) is 4.74 Å². The number of ether oxygens (including phenoxy) is 1. The van der Waals surface area contributed by atoms with Gasteiger partial charge in [-0.25, -0.2) is 0 Å². The molecule has 0 N–H and O–H groups in total. The summed E-state index contributed by atoms with van der Waals surface area (Å²) >= 11 is 0. The lowest BCUT2D eigenvalue weighted by Gasteiger charge is -2.42. The van der Waals surface area contributed by atoms with Crippen LogP contribution in [0.5, 0.6) is 0 Å². The Hall–Kier alpha value is -0.300. The van der Waals surface area contributed by atoms with Crippen molar-refractivity contribution in [3.8, 4) is 0 Å². The molecule has 3 aliphatic rings. The second-order valence-electron chi connectivity index (χ2n) is 6.72. The second-order valence-corrected chi connectivity index (χ2v) is 6.72. The zero-order chi connectivity index (χ0) is 11.3. The minimum atomic E-state index is 0.416. The molecule has 0 radical (unpaired) electrons. The Balaban J connectivity index is 1.86. The van der Waals surface area contributed by atoms with Crippen LogP contribution in [0, 0.1) is 23.2 Å². The molecule has 0 aromatic rings. The van der Waals surface area contributed by atoms with Crippen molar-refractivity contribution in [2.24, 2.45) is 23.2 Å². The molecule has 1 aliphatic heterocycles. The molecule has 16 heavy (non-hydrogen) atoms. The molecular weight excluding hydrogens is 196 g/mol. The molecule has 1 nitrogen and oxygen atoms in total. The number of fused-ring (bicyclic) bond motifs is 2. The Morgan fingerprint density at radius 3 is 2.75 bits per heavy atom. The third-order valence-corrected chi connectivity index (χ3v) is 5.50. The maximum atomic E-state index is 6.04. The minimum absolute atomic E-state index is 0.416. The molecule has 90 valence electrons. The first-order chi connectivity index (χ1) is 7.59. The summed E-state index contributed by atoms with van der Waals surface area (Å²) in [5, 5.41) is 0. The summed E-state index contributed by atoms with van der Waals surface area (Å²) in [6, 6.07) is 0. The van der Waals surface area contributed by atoms with Crippen LogP contribution in [0.2, 0.25) is 0 Å². The van der Waals surface area contributed by atoms with Crippen molar-refractivity contribution in [2.75, 3.05) is 6.61 Å². The van der Waals surface area contributed by atoms with Crippen molar-refractivity contribution in [1.82, 2.24) is 0 Å². The van der Waals surface area contributed by atoms with Crippen LogP contribution in [-0.4, -0.2) is 12.7 Å². The van der Waals surface area contributed by atoms with Gasteiger partial charge in [-0.15, -0.1) is 0 Å². The number of rotatable bonds is 1.